The number of benzene rings is 2. The van der Waals surface area contributed by atoms with Crippen molar-refractivity contribution in [2.45, 2.75) is 63.3 Å². The van der Waals surface area contributed by atoms with Crippen LogP contribution in [0.1, 0.15) is 50.6 Å². The Morgan fingerprint density at radius 3 is 2.83 bits per heavy atom. The van der Waals surface area contributed by atoms with Crippen molar-refractivity contribution in [2.24, 2.45) is 0 Å². The number of halogens is 2. The third kappa shape index (κ3) is 8.69. The molecule has 0 spiro atoms. The maximum atomic E-state index is 12.6. The van der Waals surface area contributed by atoms with Crippen LogP contribution in [0.4, 0.5) is 0 Å². The molecule has 1 aliphatic heterocycles. The highest BCUT2D eigenvalue weighted by atomic mass is 35.5. The first-order valence-corrected chi connectivity index (χ1v) is 17.2. The van der Waals surface area contributed by atoms with Gasteiger partial charge in [0, 0.05) is 35.4 Å². The van der Waals surface area contributed by atoms with Crippen LogP contribution < -0.4 is 15.7 Å². The predicted octanol–water partition coefficient (Wildman–Crippen LogP) is 7.55. The third-order valence-electron chi connectivity index (χ3n) is 6.95. The van der Waals surface area contributed by atoms with E-state index in [0.717, 1.165) is 42.0 Å². The SMILES string of the molecule is O=C(CCCCC1CCSS1)NCc1cn(CCCCOc2ccc3cc(-c4ccc(Cl)c(Cl)c4)c(=O)oc3c2)nn1. The summed E-state index contributed by atoms with van der Waals surface area (Å²) < 4.78 is 13.2. The summed E-state index contributed by atoms with van der Waals surface area (Å²) in [6.45, 7) is 1.60. The molecule has 0 bridgehead atoms. The van der Waals surface area contributed by atoms with E-state index in [1.807, 2.05) is 39.9 Å². The second-order valence-corrected chi connectivity index (χ2v) is 13.8. The Hall–Kier alpha value is -2.66. The Morgan fingerprint density at radius 1 is 1.10 bits per heavy atom. The van der Waals surface area contributed by atoms with Crippen LogP contribution in [-0.2, 0) is 17.9 Å². The van der Waals surface area contributed by atoms with Gasteiger partial charge in [0.2, 0.25) is 5.91 Å². The first kappa shape index (κ1) is 30.8. The van der Waals surface area contributed by atoms with Crippen LogP contribution in [0.5, 0.6) is 5.75 Å². The zero-order valence-corrected chi connectivity index (χ0v) is 26.2. The molecule has 1 saturated heterocycles. The lowest BCUT2D eigenvalue weighted by Crippen LogP contribution is -2.22. The molecule has 1 N–H and O–H groups in total. The van der Waals surface area contributed by atoms with Gasteiger partial charge in [-0.1, -0.05) is 62.5 Å². The van der Waals surface area contributed by atoms with Gasteiger partial charge in [0.25, 0.3) is 0 Å². The van der Waals surface area contributed by atoms with Crippen LogP contribution in [0, 0.1) is 0 Å². The van der Waals surface area contributed by atoms with Gasteiger partial charge in [-0.15, -0.1) is 5.10 Å². The molecule has 1 unspecified atom stereocenters. The minimum Gasteiger partial charge on any atom is -0.493 e. The molecule has 0 saturated carbocycles. The largest absolute Gasteiger partial charge is 0.493 e. The molecule has 0 radical (unpaired) electrons. The van der Waals surface area contributed by atoms with Gasteiger partial charge in [0.15, 0.2) is 0 Å². The number of unbranched alkanes of at least 4 members (excludes halogenated alkanes) is 2. The summed E-state index contributed by atoms with van der Waals surface area (Å²) in [4.78, 5) is 24.8. The van der Waals surface area contributed by atoms with Crippen molar-refractivity contribution in [3.63, 3.8) is 0 Å². The van der Waals surface area contributed by atoms with E-state index < -0.39 is 5.63 Å². The summed E-state index contributed by atoms with van der Waals surface area (Å²) >= 11 is 12.1. The molecule has 2 aromatic heterocycles. The number of amides is 1. The van der Waals surface area contributed by atoms with Crippen molar-refractivity contribution in [2.75, 3.05) is 12.4 Å². The second-order valence-electron chi connectivity index (χ2n) is 10.2. The zero-order chi connectivity index (χ0) is 29.3. The van der Waals surface area contributed by atoms with Gasteiger partial charge >= 0.3 is 5.63 Å². The van der Waals surface area contributed by atoms with E-state index in [9.17, 15) is 9.59 Å². The van der Waals surface area contributed by atoms with Crippen LogP contribution >= 0.6 is 44.8 Å². The van der Waals surface area contributed by atoms with Crippen molar-refractivity contribution in [3.05, 3.63) is 74.8 Å². The Kier molecular flexibility index (Phi) is 11.1. The molecule has 222 valence electrons. The van der Waals surface area contributed by atoms with Gasteiger partial charge in [-0.2, -0.15) is 0 Å². The number of nitrogens with zero attached hydrogens (tertiary/aromatic N) is 3. The summed E-state index contributed by atoms with van der Waals surface area (Å²) in [5.74, 6) is 1.95. The van der Waals surface area contributed by atoms with Crippen LogP contribution in [0.25, 0.3) is 22.1 Å². The van der Waals surface area contributed by atoms with E-state index >= 15 is 0 Å². The van der Waals surface area contributed by atoms with E-state index in [2.05, 4.69) is 15.6 Å². The number of aromatic nitrogens is 3. The topological polar surface area (TPSA) is 99.2 Å². The molecular formula is C30H32Cl2N4O4S2. The number of ether oxygens (including phenoxy) is 1. The maximum Gasteiger partial charge on any atom is 0.344 e. The number of carbonyl (C=O) groups excluding carboxylic acids is 1. The Morgan fingerprint density at radius 2 is 2.00 bits per heavy atom. The quantitative estimate of drug-likeness (QED) is 0.0852. The van der Waals surface area contributed by atoms with Gasteiger partial charge in [-0.05, 0) is 68.0 Å². The van der Waals surface area contributed by atoms with Crippen molar-refractivity contribution in [3.8, 4) is 16.9 Å². The maximum absolute atomic E-state index is 12.6. The number of hydrogen-bond donors (Lipinski definition) is 1. The average Bonchev–Trinajstić information content (AvgIpc) is 3.67. The molecular weight excluding hydrogens is 615 g/mol. The van der Waals surface area contributed by atoms with Gasteiger partial charge in [-0.25, -0.2) is 4.79 Å². The summed E-state index contributed by atoms with van der Waals surface area (Å²) in [5.41, 5.74) is 1.79. The highest BCUT2D eigenvalue weighted by Crippen LogP contribution is 2.40. The van der Waals surface area contributed by atoms with Crippen LogP contribution in [0.3, 0.4) is 0 Å². The molecule has 1 aliphatic rings. The van der Waals surface area contributed by atoms with Gasteiger partial charge in [0.05, 0.1) is 35.0 Å². The third-order valence-corrected chi connectivity index (χ3v) is 10.7. The minimum absolute atomic E-state index is 0.0648. The summed E-state index contributed by atoms with van der Waals surface area (Å²) in [6, 6.07) is 12.3. The fourth-order valence-electron chi connectivity index (χ4n) is 4.64. The first-order valence-electron chi connectivity index (χ1n) is 14.0. The van der Waals surface area contributed by atoms with Gasteiger partial charge < -0.3 is 14.5 Å². The molecule has 5 rings (SSSR count). The molecule has 4 aromatic rings. The Labute approximate surface area is 262 Å². The number of carbonyl (C=O) groups is 1. The van der Waals surface area contributed by atoms with E-state index in [1.54, 1.807) is 35.0 Å². The van der Waals surface area contributed by atoms with Crippen molar-refractivity contribution < 1.29 is 13.9 Å². The lowest BCUT2D eigenvalue weighted by Gasteiger charge is -2.08. The lowest BCUT2D eigenvalue weighted by atomic mass is 10.1. The predicted molar refractivity (Wildman–Crippen MR) is 171 cm³/mol. The highest BCUT2D eigenvalue weighted by molar-refractivity contribution is 8.77. The number of rotatable bonds is 14. The van der Waals surface area contributed by atoms with E-state index in [1.165, 1.54) is 18.6 Å². The molecule has 3 heterocycles. The molecule has 0 aliphatic carbocycles. The molecule has 42 heavy (non-hydrogen) atoms. The highest BCUT2D eigenvalue weighted by Gasteiger charge is 2.16. The van der Waals surface area contributed by atoms with E-state index in [0.29, 0.717) is 58.6 Å². The fourth-order valence-corrected chi connectivity index (χ4v) is 7.97. The van der Waals surface area contributed by atoms with Crippen molar-refractivity contribution >= 4 is 61.7 Å². The zero-order valence-electron chi connectivity index (χ0n) is 23.0. The second kappa shape index (κ2) is 15.2. The summed E-state index contributed by atoms with van der Waals surface area (Å²) in [6.07, 6.45) is 8.61. The minimum atomic E-state index is -0.460. The molecule has 12 heteroatoms. The fraction of sp³-hybridized carbons (Fsp3) is 0.400. The molecule has 1 fully saturated rings. The van der Waals surface area contributed by atoms with Gasteiger partial charge in [0.1, 0.15) is 17.0 Å². The van der Waals surface area contributed by atoms with Crippen LogP contribution in [0.2, 0.25) is 10.0 Å². The number of aryl methyl sites for hydroxylation is 1. The van der Waals surface area contributed by atoms with Crippen molar-refractivity contribution in [1.82, 2.24) is 20.3 Å². The summed E-state index contributed by atoms with van der Waals surface area (Å²) in [5, 5.41) is 13.6. The standard InChI is InChI=1S/C30H32Cl2N4O4S2/c31-26-10-8-20(16-27(26)32)25-15-21-7-9-23(17-28(21)40-30(25)38)39-13-4-3-12-36-19-22(34-35-36)18-33-29(37)6-2-1-5-24-11-14-41-42-24/h7-10,15-17,19,24H,1-6,11-14,18H2,(H,33,37). The molecule has 8 nitrogen and oxygen atoms in total. The number of hydrogen-bond acceptors (Lipinski definition) is 8. The molecule has 1 atom stereocenters. The molecule has 1 amide bonds. The van der Waals surface area contributed by atoms with E-state index in [4.69, 9.17) is 32.4 Å². The smallest absolute Gasteiger partial charge is 0.344 e. The Balaban J connectivity index is 1.01. The monoisotopic (exact) mass is 646 g/mol. The summed E-state index contributed by atoms with van der Waals surface area (Å²) in [7, 11) is 3.95. The number of fused-ring (bicyclic) bond motifs is 1. The number of nitrogens with one attached hydrogen (secondary N) is 1. The first-order chi connectivity index (χ1) is 20.4. The Bertz CT molecular complexity index is 1570. The average molecular weight is 648 g/mol. The lowest BCUT2D eigenvalue weighted by molar-refractivity contribution is -0.121. The van der Waals surface area contributed by atoms with Crippen LogP contribution in [0.15, 0.2) is 57.9 Å². The van der Waals surface area contributed by atoms with Gasteiger partial charge in [-0.3, -0.25) is 9.48 Å². The normalized spacial score (nSPS) is 14.9. The van der Waals surface area contributed by atoms with Crippen LogP contribution in [-0.4, -0.2) is 38.5 Å². The van der Waals surface area contributed by atoms with E-state index in [-0.39, 0.29) is 5.91 Å². The van der Waals surface area contributed by atoms with Crippen molar-refractivity contribution in [1.29, 1.82) is 0 Å². The molecule has 2 aromatic carbocycles.